The number of carbonyl (C=O) groups is 3. The summed E-state index contributed by atoms with van der Waals surface area (Å²) in [7, 11) is 0. The Balaban J connectivity index is 1.59. The molecule has 8 heteroatoms. The second-order valence-electron chi connectivity index (χ2n) is 7.19. The van der Waals surface area contributed by atoms with E-state index in [1.807, 2.05) is 30.3 Å². The van der Waals surface area contributed by atoms with Crippen molar-refractivity contribution in [1.82, 2.24) is 10.2 Å². The summed E-state index contributed by atoms with van der Waals surface area (Å²) in [4.78, 5) is 38.4. The molecule has 0 unspecified atom stereocenters. The predicted molar refractivity (Wildman–Crippen MR) is 108 cm³/mol. The molecule has 7 nitrogen and oxygen atoms in total. The summed E-state index contributed by atoms with van der Waals surface area (Å²) in [6.07, 6.45) is 0.670. The number of primary amides is 1. The fourth-order valence-electron chi connectivity index (χ4n) is 3.41. The number of amides is 3. The van der Waals surface area contributed by atoms with Gasteiger partial charge >= 0.3 is 6.09 Å². The molecule has 2 aromatic carbocycles. The number of likely N-dealkylation sites (tertiary alicyclic amines) is 1. The molecule has 3 N–H and O–H groups in total. The first-order valence-electron chi connectivity index (χ1n) is 9.75. The first kappa shape index (κ1) is 21.3. The summed E-state index contributed by atoms with van der Waals surface area (Å²) in [5.41, 5.74) is 6.94. The third kappa shape index (κ3) is 5.56. The van der Waals surface area contributed by atoms with E-state index < -0.39 is 35.8 Å². The van der Waals surface area contributed by atoms with Gasteiger partial charge in [-0.25, -0.2) is 9.18 Å². The van der Waals surface area contributed by atoms with Crippen molar-refractivity contribution in [2.24, 2.45) is 5.73 Å². The van der Waals surface area contributed by atoms with Gasteiger partial charge in [-0.2, -0.15) is 0 Å². The van der Waals surface area contributed by atoms with Crippen LogP contribution in [0.2, 0.25) is 0 Å². The third-order valence-corrected chi connectivity index (χ3v) is 5.01. The largest absolute Gasteiger partial charge is 0.445 e. The van der Waals surface area contributed by atoms with Crippen molar-refractivity contribution in [3.05, 3.63) is 71.5 Å². The van der Waals surface area contributed by atoms with Gasteiger partial charge in [0, 0.05) is 13.0 Å². The van der Waals surface area contributed by atoms with Gasteiger partial charge in [0.2, 0.25) is 11.8 Å². The normalized spacial score (nSPS) is 16.7. The lowest BCUT2D eigenvalue weighted by molar-refractivity contribution is -0.130. The smallest absolute Gasteiger partial charge is 0.410 e. The van der Waals surface area contributed by atoms with E-state index in [9.17, 15) is 18.8 Å². The molecule has 0 spiro atoms. The van der Waals surface area contributed by atoms with Gasteiger partial charge in [-0.15, -0.1) is 0 Å². The summed E-state index contributed by atoms with van der Waals surface area (Å²) < 4.78 is 18.4. The first-order valence-corrected chi connectivity index (χ1v) is 9.75. The van der Waals surface area contributed by atoms with Crippen molar-refractivity contribution in [3.8, 4) is 0 Å². The van der Waals surface area contributed by atoms with Crippen molar-refractivity contribution in [2.75, 3.05) is 6.54 Å². The summed E-state index contributed by atoms with van der Waals surface area (Å²) in [6, 6.07) is 13.2. The van der Waals surface area contributed by atoms with Gasteiger partial charge in [0.15, 0.2) is 0 Å². The van der Waals surface area contributed by atoms with Crippen molar-refractivity contribution in [1.29, 1.82) is 0 Å². The molecule has 1 aliphatic rings. The van der Waals surface area contributed by atoms with Gasteiger partial charge in [-0.05, 0) is 36.1 Å². The molecular formula is C22H24FN3O4. The number of nitrogens with two attached hydrogens (primary N) is 1. The van der Waals surface area contributed by atoms with Crippen LogP contribution in [-0.4, -0.2) is 41.4 Å². The summed E-state index contributed by atoms with van der Waals surface area (Å²) in [5, 5.41) is 2.62. The Bertz CT molecular complexity index is 889. The van der Waals surface area contributed by atoms with Crippen molar-refractivity contribution in [3.63, 3.8) is 0 Å². The number of benzene rings is 2. The number of rotatable bonds is 7. The molecule has 0 radical (unpaired) electrons. The fourth-order valence-corrected chi connectivity index (χ4v) is 3.41. The zero-order valence-electron chi connectivity index (χ0n) is 16.4. The van der Waals surface area contributed by atoms with Gasteiger partial charge in [0.25, 0.3) is 0 Å². The molecule has 0 saturated carbocycles. The number of hydrogen-bond donors (Lipinski definition) is 2. The highest BCUT2D eigenvalue weighted by atomic mass is 19.1. The van der Waals surface area contributed by atoms with Crippen LogP contribution in [0.15, 0.2) is 54.6 Å². The highest BCUT2D eigenvalue weighted by molar-refractivity contribution is 5.91. The molecule has 30 heavy (non-hydrogen) atoms. The number of halogens is 1. The molecule has 0 bridgehead atoms. The highest BCUT2D eigenvalue weighted by Gasteiger charge is 2.36. The number of nitrogens with one attached hydrogen (secondary N) is 1. The van der Waals surface area contributed by atoms with Crippen LogP contribution in [0.25, 0.3) is 0 Å². The summed E-state index contributed by atoms with van der Waals surface area (Å²) in [6.45, 7) is 0.504. The lowest BCUT2D eigenvalue weighted by Gasteiger charge is -2.25. The van der Waals surface area contributed by atoms with Crippen molar-refractivity contribution < 1.29 is 23.5 Å². The van der Waals surface area contributed by atoms with Crippen LogP contribution in [0.4, 0.5) is 9.18 Å². The summed E-state index contributed by atoms with van der Waals surface area (Å²) in [5.74, 6) is -1.56. The SMILES string of the molecule is NC(=O)[C@H](Cc1ccc(F)cc1)NC(=O)[C@H]1CCCN1C(=O)OCc1ccccc1. The van der Waals surface area contributed by atoms with Crippen LogP contribution in [0, 0.1) is 5.82 Å². The van der Waals surface area contributed by atoms with E-state index in [2.05, 4.69) is 5.32 Å². The Morgan fingerprint density at radius 2 is 1.80 bits per heavy atom. The maximum Gasteiger partial charge on any atom is 0.410 e. The zero-order chi connectivity index (χ0) is 21.5. The molecule has 3 rings (SSSR count). The zero-order valence-corrected chi connectivity index (χ0v) is 16.4. The molecule has 0 aromatic heterocycles. The Morgan fingerprint density at radius 1 is 1.10 bits per heavy atom. The maximum atomic E-state index is 13.1. The molecule has 2 aromatic rings. The number of ether oxygens (including phenoxy) is 1. The molecule has 158 valence electrons. The topological polar surface area (TPSA) is 102 Å². The third-order valence-electron chi connectivity index (χ3n) is 5.01. The highest BCUT2D eigenvalue weighted by Crippen LogP contribution is 2.19. The molecule has 2 atom stereocenters. The lowest BCUT2D eigenvalue weighted by Crippen LogP contribution is -2.53. The summed E-state index contributed by atoms with van der Waals surface area (Å²) >= 11 is 0. The molecular weight excluding hydrogens is 389 g/mol. The van der Waals surface area contributed by atoms with Crippen LogP contribution in [0.1, 0.15) is 24.0 Å². The molecule has 1 saturated heterocycles. The van der Waals surface area contributed by atoms with E-state index in [0.29, 0.717) is 24.9 Å². The lowest BCUT2D eigenvalue weighted by atomic mass is 10.0. The van der Waals surface area contributed by atoms with E-state index in [0.717, 1.165) is 5.56 Å². The van der Waals surface area contributed by atoms with Gasteiger partial charge < -0.3 is 15.8 Å². The van der Waals surface area contributed by atoms with Gasteiger partial charge in [-0.1, -0.05) is 42.5 Å². The van der Waals surface area contributed by atoms with Crippen LogP contribution in [-0.2, 0) is 27.4 Å². The quantitative estimate of drug-likeness (QED) is 0.726. The second-order valence-corrected chi connectivity index (χ2v) is 7.19. The Morgan fingerprint density at radius 3 is 2.47 bits per heavy atom. The number of hydrogen-bond acceptors (Lipinski definition) is 4. The minimum absolute atomic E-state index is 0.110. The van der Waals surface area contributed by atoms with Crippen molar-refractivity contribution >= 4 is 17.9 Å². The van der Waals surface area contributed by atoms with Gasteiger partial charge in [-0.3, -0.25) is 14.5 Å². The minimum atomic E-state index is -0.967. The Hall–Kier alpha value is -3.42. The van der Waals surface area contributed by atoms with Crippen LogP contribution < -0.4 is 11.1 Å². The Labute approximate surface area is 174 Å². The van der Waals surface area contributed by atoms with Gasteiger partial charge in [0.05, 0.1) is 0 Å². The first-order chi connectivity index (χ1) is 14.4. The van der Waals surface area contributed by atoms with Crippen LogP contribution in [0.5, 0.6) is 0 Å². The van der Waals surface area contributed by atoms with Crippen LogP contribution in [0.3, 0.4) is 0 Å². The van der Waals surface area contributed by atoms with E-state index in [4.69, 9.17) is 10.5 Å². The van der Waals surface area contributed by atoms with Crippen LogP contribution >= 0.6 is 0 Å². The predicted octanol–water partition coefficient (Wildman–Crippen LogP) is 2.14. The molecule has 3 amide bonds. The second kappa shape index (κ2) is 9.87. The van der Waals surface area contributed by atoms with E-state index in [1.54, 1.807) is 0 Å². The molecule has 1 fully saturated rings. The van der Waals surface area contributed by atoms with E-state index in [-0.39, 0.29) is 13.0 Å². The van der Waals surface area contributed by atoms with E-state index >= 15 is 0 Å². The Kier molecular flexibility index (Phi) is 7.00. The van der Waals surface area contributed by atoms with Crippen molar-refractivity contribution in [2.45, 2.75) is 38.0 Å². The average molecular weight is 413 g/mol. The minimum Gasteiger partial charge on any atom is -0.445 e. The molecule has 1 heterocycles. The maximum absolute atomic E-state index is 13.1. The van der Waals surface area contributed by atoms with Gasteiger partial charge in [0.1, 0.15) is 24.5 Å². The monoisotopic (exact) mass is 413 g/mol. The fraction of sp³-hybridized carbons (Fsp3) is 0.318. The number of carbonyl (C=O) groups excluding carboxylic acids is 3. The molecule has 1 aliphatic heterocycles. The standard InChI is InChI=1S/C22H24FN3O4/c23-17-10-8-15(9-11-17)13-18(20(24)27)25-21(28)19-7-4-12-26(19)22(29)30-14-16-5-2-1-3-6-16/h1-3,5-6,8-11,18-19H,4,7,12-14H2,(H2,24,27)(H,25,28)/t18-,19+/m0/s1. The number of nitrogens with zero attached hydrogens (tertiary/aromatic N) is 1. The van der Waals surface area contributed by atoms with E-state index in [1.165, 1.54) is 29.2 Å². The average Bonchev–Trinajstić information content (AvgIpc) is 3.24. The molecule has 0 aliphatic carbocycles.